The van der Waals surface area contributed by atoms with Gasteiger partial charge in [-0.3, -0.25) is 9.59 Å². The van der Waals surface area contributed by atoms with Crippen LogP contribution in [0, 0.1) is 5.82 Å². The highest BCUT2D eigenvalue weighted by molar-refractivity contribution is 6.46. The lowest BCUT2D eigenvalue weighted by Crippen LogP contribution is -2.34. The molecule has 0 saturated carbocycles. The van der Waals surface area contributed by atoms with Crippen LogP contribution in [0.2, 0.25) is 0 Å². The zero-order valence-electron chi connectivity index (χ0n) is 21.5. The van der Waals surface area contributed by atoms with E-state index in [1.807, 2.05) is 0 Å². The third-order valence-electron chi connectivity index (χ3n) is 6.60. The van der Waals surface area contributed by atoms with Crippen LogP contribution in [0.3, 0.4) is 0 Å². The number of carbonyl (C=O) groups excluding carboxylic acids is 2. The molecular formula is C29H37FN2O4. The molecule has 1 N–H and O–H groups in total. The molecule has 36 heavy (non-hydrogen) atoms. The second-order valence-electron chi connectivity index (χ2n) is 9.18. The first-order valence-electron chi connectivity index (χ1n) is 12.8. The number of Topliss-reactive ketones (excluding diaryl/α,β-unsaturated/α-hetero) is 1. The van der Waals surface area contributed by atoms with Crippen LogP contribution in [-0.2, 0) is 9.59 Å². The number of hydrogen-bond donors (Lipinski definition) is 1. The Morgan fingerprint density at radius 2 is 1.64 bits per heavy atom. The Bertz CT molecular complexity index is 1060. The minimum absolute atomic E-state index is 0.0235. The normalized spacial score (nSPS) is 17.2. The van der Waals surface area contributed by atoms with Crippen molar-refractivity contribution >= 4 is 17.4 Å². The number of nitrogens with zero attached hydrogens (tertiary/aromatic N) is 2. The minimum Gasteiger partial charge on any atom is -0.507 e. The van der Waals surface area contributed by atoms with Gasteiger partial charge in [-0.25, -0.2) is 4.39 Å². The first-order chi connectivity index (χ1) is 17.4. The predicted octanol–water partition coefficient (Wildman–Crippen LogP) is 5.55. The molecule has 3 rings (SSSR count). The molecule has 7 heteroatoms. The maximum absolute atomic E-state index is 14.2. The summed E-state index contributed by atoms with van der Waals surface area (Å²) >= 11 is 0. The number of rotatable bonds is 13. The molecule has 194 valence electrons. The number of likely N-dealkylation sites (tertiary alicyclic amines) is 1. The van der Waals surface area contributed by atoms with E-state index >= 15 is 0 Å². The van der Waals surface area contributed by atoms with E-state index < -0.39 is 23.5 Å². The maximum Gasteiger partial charge on any atom is 0.295 e. The van der Waals surface area contributed by atoms with Crippen LogP contribution in [0.1, 0.15) is 63.1 Å². The molecule has 0 aliphatic carbocycles. The molecule has 6 nitrogen and oxygen atoms in total. The fourth-order valence-corrected chi connectivity index (χ4v) is 4.60. The van der Waals surface area contributed by atoms with Gasteiger partial charge < -0.3 is 19.6 Å². The van der Waals surface area contributed by atoms with Gasteiger partial charge in [-0.2, -0.15) is 0 Å². The summed E-state index contributed by atoms with van der Waals surface area (Å²) in [4.78, 5) is 30.2. The van der Waals surface area contributed by atoms with Gasteiger partial charge in [-0.15, -0.1) is 0 Å². The average Bonchev–Trinajstić information content (AvgIpc) is 3.14. The van der Waals surface area contributed by atoms with Crippen LogP contribution in [-0.4, -0.2) is 59.9 Å². The number of hydrogen-bond acceptors (Lipinski definition) is 5. The van der Waals surface area contributed by atoms with Crippen LogP contribution in [0.5, 0.6) is 5.75 Å². The quantitative estimate of drug-likeness (QED) is 0.224. The predicted molar refractivity (Wildman–Crippen MR) is 139 cm³/mol. The van der Waals surface area contributed by atoms with Crippen molar-refractivity contribution in [1.82, 2.24) is 9.80 Å². The van der Waals surface area contributed by atoms with E-state index in [1.54, 1.807) is 36.4 Å². The molecule has 1 aliphatic heterocycles. The molecule has 2 aromatic rings. The average molecular weight is 497 g/mol. The van der Waals surface area contributed by atoms with Gasteiger partial charge in [0.1, 0.15) is 17.3 Å². The van der Waals surface area contributed by atoms with E-state index in [9.17, 15) is 19.1 Å². The third-order valence-corrected chi connectivity index (χ3v) is 6.60. The number of halogens is 1. The zero-order valence-corrected chi connectivity index (χ0v) is 21.5. The SMILES string of the molecule is CCCCN(CCCC)CCCN1C(=O)C(=O)/C(=C(\O)c2ccc(OC)cc2)C1c1cccc(F)c1. The monoisotopic (exact) mass is 496 g/mol. The van der Waals surface area contributed by atoms with Crippen molar-refractivity contribution in [3.63, 3.8) is 0 Å². The Morgan fingerprint density at radius 1 is 1.00 bits per heavy atom. The number of aliphatic hydroxyl groups is 1. The number of benzene rings is 2. The molecule has 0 radical (unpaired) electrons. The van der Waals surface area contributed by atoms with Crippen LogP contribution in [0.4, 0.5) is 4.39 Å². The standard InChI is InChI=1S/C29H37FN2O4/c1-4-6-16-31(17-7-5-2)18-9-19-32-26(22-10-8-11-23(30)20-22)25(28(34)29(32)35)27(33)21-12-14-24(36-3)15-13-21/h8,10-15,20,26,33H,4-7,9,16-19H2,1-3H3/b27-25-. The van der Waals surface area contributed by atoms with Gasteiger partial charge in [0.05, 0.1) is 18.7 Å². The fourth-order valence-electron chi connectivity index (χ4n) is 4.60. The topological polar surface area (TPSA) is 70.1 Å². The highest BCUT2D eigenvalue weighted by Gasteiger charge is 2.45. The summed E-state index contributed by atoms with van der Waals surface area (Å²) in [5.74, 6) is -1.57. The third kappa shape index (κ3) is 6.52. The highest BCUT2D eigenvalue weighted by atomic mass is 19.1. The van der Waals surface area contributed by atoms with Crippen molar-refractivity contribution in [3.8, 4) is 5.75 Å². The van der Waals surface area contributed by atoms with E-state index in [2.05, 4.69) is 18.7 Å². The van der Waals surface area contributed by atoms with Gasteiger partial charge in [0.15, 0.2) is 0 Å². The number of methoxy groups -OCH3 is 1. The Hall–Kier alpha value is -3.19. The lowest BCUT2D eigenvalue weighted by molar-refractivity contribution is -0.140. The van der Waals surface area contributed by atoms with Gasteiger partial charge in [-0.1, -0.05) is 38.8 Å². The molecule has 0 spiro atoms. The van der Waals surface area contributed by atoms with E-state index in [-0.39, 0.29) is 11.3 Å². The number of unbranched alkanes of at least 4 members (excludes halogenated alkanes) is 2. The van der Waals surface area contributed by atoms with Crippen molar-refractivity contribution in [2.75, 3.05) is 33.3 Å². The zero-order chi connectivity index (χ0) is 26.1. The Balaban J connectivity index is 1.91. The van der Waals surface area contributed by atoms with E-state index in [0.29, 0.717) is 29.8 Å². The first kappa shape index (κ1) is 27.4. The maximum atomic E-state index is 14.2. The number of carbonyl (C=O) groups is 2. The fraction of sp³-hybridized carbons (Fsp3) is 0.448. The summed E-state index contributed by atoms with van der Waals surface area (Å²) in [6.07, 6.45) is 5.12. The number of ether oxygens (including phenoxy) is 1. The van der Waals surface area contributed by atoms with Gasteiger partial charge >= 0.3 is 0 Å². The summed E-state index contributed by atoms with van der Waals surface area (Å²) in [6, 6.07) is 11.6. The molecule has 1 aliphatic rings. The second kappa shape index (κ2) is 13.2. The highest BCUT2D eigenvalue weighted by Crippen LogP contribution is 2.39. The Kier molecular flexibility index (Phi) is 10.1. The Morgan fingerprint density at radius 3 is 2.22 bits per heavy atom. The largest absolute Gasteiger partial charge is 0.507 e. The summed E-state index contributed by atoms with van der Waals surface area (Å²) in [7, 11) is 1.54. The van der Waals surface area contributed by atoms with Crippen molar-refractivity contribution in [2.45, 2.75) is 52.0 Å². The molecule has 2 aromatic carbocycles. The van der Waals surface area contributed by atoms with E-state index in [1.165, 1.54) is 24.1 Å². The van der Waals surface area contributed by atoms with Gasteiger partial charge in [-0.05, 0) is 80.9 Å². The molecule has 0 aromatic heterocycles. The molecule has 1 fully saturated rings. The molecular weight excluding hydrogens is 459 g/mol. The van der Waals surface area contributed by atoms with Gasteiger partial charge in [0.2, 0.25) is 0 Å². The lowest BCUT2D eigenvalue weighted by Gasteiger charge is -2.27. The van der Waals surface area contributed by atoms with Gasteiger partial charge in [0, 0.05) is 12.1 Å². The Labute approximate surface area is 213 Å². The van der Waals surface area contributed by atoms with Crippen LogP contribution >= 0.6 is 0 Å². The molecule has 1 unspecified atom stereocenters. The van der Waals surface area contributed by atoms with Crippen LogP contribution < -0.4 is 4.74 Å². The van der Waals surface area contributed by atoms with Crippen molar-refractivity contribution in [2.24, 2.45) is 0 Å². The van der Waals surface area contributed by atoms with Crippen LogP contribution in [0.25, 0.3) is 5.76 Å². The number of amides is 1. The summed E-state index contributed by atoms with van der Waals surface area (Å²) in [5, 5.41) is 11.1. The summed E-state index contributed by atoms with van der Waals surface area (Å²) < 4.78 is 19.4. The molecule has 1 heterocycles. The first-order valence-corrected chi connectivity index (χ1v) is 12.8. The van der Waals surface area contributed by atoms with Crippen LogP contribution in [0.15, 0.2) is 54.1 Å². The van der Waals surface area contributed by atoms with E-state index in [4.69, 9.17) is 4.74 Å². The van der Waals surface area contributed by atoms with E-state index in [0.717, 1.165) is 45.3 Å². The van der Waals surface area contributed by atoms with Gasteiger partial charge in [0.25, 0.3) is 11.7 Å². The minimum atomic E-state index is -0.859. The molecule has 1 atom stereocenters. The number of aliphatic hydroxyl groups excluding tert-OH is 1. The molecule has 0 bridgehead atoms. The summed E-state index contributed by atoms with van der Waals surface area (Å²) in [6.45, 7) is 7.47. The van der Waals surface area contributed by atoms with Crippen molar-refractivity contribution < 1.29 is 23.8 Å². The molecule has 1 amide bonds. The number of ketones is 1. The summed E-state index contributed by atoms with van der Waals surface area (Å²) in [5.41, 5.74) is 0.822. The van der Waals surface area contributed by atoms with Crippen molar-refractivity contribution in [3.05, 3.63) is 71.0 Å². The molecule has 1 saturated heterocycles. The smallest absolute Gasteiger partial charge is 0.295 e. The second-order valence-corrected chi connectivity index (χ2v) is 9.18. The lowest BCUT2D eigenvalue weighted by atomic mass is 9.95. The van der Waals surface area contributed by atoms with Crippen molar-refractivity contribution in [1.29, 1.82) is 0 Å².